The molecule has 1 saturated carbocycles. The van der Waals surface area contributed by atoms with E-state index in [9.17, 15) is 0 Å². The Morgan fingerprint density at radius 2 is 1.52 bits per heavy atom. The third-order valence-electron chi connectivity index (χ3n) is 5.82. The van der Waals surface area contributed by atoms with Crippen molar-refractivity contribution in [2.75, 3.05) is 11.9 Å². The molecule has 1 aliphatic rings. The molecule has 2 aromatic rings. The van der Waals surface area contributed by atoms with Gasteiger partial charge in [-0.3, -0.25) is 0 Å². The van der Waals surface area contributed by atoms with Crippen LogP contribution in [0.2, 0.25) is 0 Å². The van der Waals surface area contributed by atoms with E-state index in [1.165, 1.54) is 53.9 Å². The van der Waals surface area contributed by atoms with Gasteiger partial charge < -0.3 is 10.1 Å². The first-order valence-corrected chi connectivity index (χ1v) is 12.7. The molecule has 0 radical (unpaired) electrons. The zero-order chi connectivity index (χ0) is 21.2. The maximum Gasteiger partial charge on any atom is 0.143 e. The van der Waals surface area contributed by atoms with E-state index >= 15 is 0 Å². The van der Waals surface area contributed by atoms with E-state index in [1.54, 1.807) is 0 Å². The van der Waals surface area contributed by atoms with Gasteiger partial charge in [0.25, 0.3) is 0 Å². The molecule has 29 heavy (non-hydrogen) atoms. The van der Waals surface area contributed by atoms with E-state index < -0.39 is 7.92 Å². The number of hydrogen-bond acceptors (Lipinski definition) is 2. The fraction of sp³-hybridized carbons (Fsp3) is 0.615. The highest BCUT2D eigenvalue weighted by atomic mass is 31.1. The highest BCUT2D eigenvalue weighted by Crippen LogP contribution is 2.60. The Bertz CT molecular complexity index is 811. The lowest BCUT2D eigenvalue weighted by Gasteiger charge is -2.42. The molecule has 3 heteroatoms. The Hall–Kier alpha value is -1.27. The van der Waals surface area contributed by atoms with Gasteiger partial charge in [-0.15, -0.1) is 0 Å². The summed E-state index contributed by atoms with van der Waals surface area (Å²) >= 11 is 0. The lowest BCUT2D eigenvalue weighted by molar-refractivity contribution is 0.341. The number of benzene rings is 2. The summed E-state index contributed by atoms with van der Waals surface area (Å²) in [5.41, 5.74) is 1.20. The zero-order valence-electron chi connectivity index (χ0n) is 19.6. The monoisotopic (exact) mass is 413 g/mol. The number of fused-ring (bicyclic) bond motifs is 1. The second-order valence-electron chi connectivity index (χ2n) is 10.4. The van der Waals surface area contributed by atoms with Crippen LogP contribution < -0.4 is 15.4 Å². The van der Waals surface area contributed by atoms with Crippen LogP contribution in [0.15, 0.2) is 30.3 Å². The van der Waals surface area contributed by atoms with Gasteiger partial charge in [-0.2, -0.15) is 0 Å². The minimum atomic E-state index is -0.404. The van der Waals surface area contributed by atoms with Gasteiger partial charge in [0, 0.05) is 11.4 Å². The van der Waals surface area contributed by atoms with E-state index in [0.717, 1.165) is 5.75 Å². The van der Waals surface area contributed by atoms with Crippen molar-refractivity contribution in [1.29, 1.82) is 0 Å². The molecule has 2 aromatic carbocycles. The van der Waals surface area contributed by atoms with Crippen molar-refractivity contribution in [3.8, 4) is 5.75 Å². The largest absolute Gasteiger partial charge is 0.492 e. The van der Waals surface area contributed by atoms with E-state index in [4.69, 9.17) is 4.74 Å². The predicted octanol–water partition coefficient (Wildman–Crippen LogP) is 7.69. The van der Waals surface area contributed by atoms with Crippen LogP contribution in [0.25, 0.3) is 10.8 Å². The minimum Gasteiger partial charge on any atom is -0.492 e. The molecule has 0 spiro atoms. The molecular weight excluding hydrogens is 373 g/mol. The van der Waals surface area contributed by atoms with Crippen molar-refractivity contribution in [1.82, 2.24) is 0 Å². The molecule has 0 heterocycles. The van der Waals surface area contributed by atoms with Crippen LogP contribution in [0, 0.1) is 0 Å². The van der Waals surface area contributed by atoms with Gasteiger partial charge in [-0.05, 0) is 46.8 Å². The standard InChI is InChI=1S/C26H40NOP/c1-8-28-22-18-23(29(25(2,3)4)26(5,6)7)20-16-12-13-17-21(20)24(22)27-19-14-10-9-11-15-19/h12-13,16-19,27H,8-11,14-15H2,1-7H3. The summed E-state index contributed by atoms with van der Waals surface area (Å²) in [5, 5.41) is 8.54. The number of ether oxygens (including phenoxy) is 1. The summed E-state index contributed by atoms with van der Waals surface area (Å²) < 4.78 is 6.25. The van der Waals surface area contributed by atoms with E-state index in [1.807, 2.05) is 0 Å². The van der Waals surface area contributed by atoms with Crippen LogP contribution in [0.5, 0.6) is 5.75 Å². The van der Waals surface area contributed by atoms with Crippen LogP contribution in [-0.4, -0.2) is 23.0 Å². The molecular formula is C26H40NOP. The summed E-state index contributed by atoms with van der Waals surface area (Å²) in [4.78, 5) is 0. The van der Waals surface area contributed by atoms with Gasteiger partial charge in [0.15, 0.2) is 0 Å². The molecule has 0 unspecified atom stereocenters. The normalized spacial score (nSPS) is 16.4. The van der Waals surface area contributed by atoms with Gasteiger partial charge in [0.2, 0.25) is 0 Å². The molecule has 1 aliphatic carbocycles. The summed E-state index contributed by atoms with van der Waals surface area (Å²) in [5.74, 6) is 1.03. The van der Waals surface area contributed by atoms with E-state index in [0.29, 0.717) is 12.6 Å². The number of rotatable bonds is 5. The Balaban J connectivity index is 2.21. The second-order valence-corrected chi connectivity index (χ2v) is 14.2. The van der Waals surface area contributed by atoms with Crippen molar-refractivity contribution < 1.29 is 4.74 Å². The highest BCUT2D eigenvalue weighted by molar-refractivity contribution is 7.69. The van der Waals surface area contributed by atoms with Gasteiger partial charge in [0.1, 0.15) is 5.75 Å². The third kappa shape index (κ3) is 5.08. The van der Waals surface area contributed by atoms with Gasteiger partial charge >= 0.3 is 0 Å². The Kier molecular flexibility index (Phi) is 6.84. The predicted molar refractivity (Wildman–Crippen MR) is 132 cm³/mol. The highest BCUT2D eigenvalue weighted by Gasteiger charge is 2.37. The molecule has 160 valence electrons. The van der Waals surface area contributed by atoms with Crippen LogP contribution in [0.4, 0.5) is 5.69 Å². The molecule has 0 saturated heterocycles. The first-order valence-electron chi connectivity index (χ1n) is 11.4. The summed E-state index contributed by atoms with van der Waals surface area (Å²) in [6.07, 6.45) is 6.56. The average Bonchev–Trinajstić information content (AvgIpc) is 2.63. The topological polar surface area (TPSA) is 21.3 Å². The van der Waals surface area contributed by atoms with Crippen molar-refractivity contribution in [3.63, 3.8) is 0 Å². The first-order chi connectivity index (χ1) is 13.6. The Morgan fingerprint density at radius 3 is 2.07 bits per heavy atom. The van der Waals surface area contributed by atoms with Crippen molar-refractivity contribution in [2.45, 2.75) is 96.9 Å². The summed E-state index contributed by atoms with van der Waals surface area (Å²) in [7, 11) is -0.404. The number of nitrogens with one attached hydrogen (secondary N) is 1. The Morgan fingerprint density at radius 1 is 0.931 bits per heavy atom. The molecule has 1 N–H and O–H groups in total. The van der Waals surface area contributed by atoms with Gasteiger partial charge in [-0.1, -0.05) is 93.0 Å². The van der Waals surface area contributed by atoms with E-state index in [-0.39, 0.29) is 10.3 Å². The number of anilines is 1. The molecule has 0 aromatic heterocycles. The zero-order valence-corrected chi connectivity index (χ0v) is 20.5. The summed E-state index contributed by atoms with van der Waals surface area (Å²) in [6, 6.07) is 11.9. The summed E-state index contributed by atoms with van der Waals surface area (Å²) in [6.45, 7) is 17.2. The second kappa shape index (κ2) is 8.84. The molecule has 0 amide bonds. The molecule has 2 nitrogen and oxygen atoms in total. The maximum absolute atomic E-state index is 6.25. The SMILES string of the molecule is CCOc1cc(P(C(C)(C)C)C(C)(C)C)c2ccccc2c1NC1CCCCC1. The fourth-order valence-electron chi connectivity index (χ4n) is 5.11. The van der Waals surface area contributed by atoms with Crippen LogP contribution in [-0.2, 0) is 0 Å². The fourth-order valence-corrected chi connectivity index (χ4v) is 9.25. The smallest absolute Gasteiger partial charge is 0.143 e. The first kappa shape index (κ1) is 22.4. The van der Waals surface area contributed by atoms with Crippen LogP contribution in [0.1, 0.15) is 80.6 Å². The molecule has 0 atom stereocenters. The molecule has 0 aliphatic heterocycles. The van der Waals surface area contributed by atoms with E-state index in [2.05, 4.69) is 84.1 Å². The van der Waals surface area contributed by atoms with Crippen molar-refractivity contribution in [3.05, 3.63) is 30.3 Å². The molecule has 1 fully saturated rings. The van der Waals surface area contributed by atoms with Crippen LogP contribution >= 0.6 is 7.92 Å². The third-order valence-corrected chi connectivity index (χ3v) is 9.36. The quantitative estimate of drug-likeness (QED) is 0.507. The lowest BCUT2D eigenvalue weighted by atomic mass is 9.95. The molecule has 0 bridgehead atoms. The molecule has 3 rings (SSSR count). The average molecular weight is 414 g/mol. The maximum atomic E-state index is 6.25. The Labute approximate surface area is 179 Å². The van der Waals surface area contributed by atoms with Crippen molar-refractivity contribution in [2.24, 2.45) is 0 Å². The van der Waals surface area contributed by atoms with Gasteiger partial charge in [-0.25, -0.2) is 0 Å². The van der Waals surface area contributed by atoms with Crippen LogP contribution in [0.3, 0.4) is 0 Å². The lowest BCUT2D eigenvalue weighted by Crippen LogP contribution is -2.32. The van der Waals surface area contributed by atoms with Gasteiger partial charge in [0.05, 0.1) is 12.3 Å². The van der Waals surface area contributed by atoms with Crippen molar-refractivity contribution >= 4 is 29.7 Å². The minimum absolute atomic E-state index is 0.220. The number of hydrogen-bond donors (Lipinski definition) is 1.